The van der Waals surface area contributed by atoms with Gasteiger partial charge < -0.3 is 4.74 Å². The lowest BCUT2D eigenvalue weighted by Gasteiger charge is -2.28. The first-order valence-electron chi connectivity index (χ1n) is 17.7. The van der Waals surface area contributed by atoms with E-state index in [0.29, 0.717) is 0 Å². The molecule has 0 aliphatic rings. The van der Waals surface area contributed by atoms with Crippen molar-refractivity contribution in [3.05, 3.63) is 130 Å². The van der Waals surface area contributed by atoms with Gasteiger partial charge in [0.05, 0.1) is 12.0 Å². The second-order valence-electron chi connectivity index (χ2n) is 12.9. The Kier molecular flexibility index (Phi) is 10.7. The molecular weight excluding hydrogens is 604 g/mol. The highest BCUT2D eigenvalue weighted by atomic mass is 16.6. The van der Waals surface area contributed by atoms with Crippen LogP contribution in [0.25, 0.3) is 54.9 Å². The largest absolute Gasteiger partial charge is 0.497 e. The lowest BCUT2D eigenvalue weighted by atomic mass is 9.80. The van der Waals surface area contributed by atoms with Gasteiger partial charge in [0.1, 0.15) is 5.75 Å². The number of benzene rings is 6. The molecular formula is C44H46N2O3. The van der Waals surface area contributed by atoms with Gasteiger partial charge in [-0.2, -0.15) is 0 Å². The van der Waals surface area contributed by atoms with Crippen LogP contribution in [0.3, 0.4) is 0 Å². The van der Waals surface area contributed by atoms with Gasteiger partial charge in [-0.15, -0.1) is 0 Å². The predicted octanol–water partition coefficient (Wildman–Crippen LogP) is 11.9. The molecule has 0 aromatic heterocycles. The first-order chi connectivity index (χ1) is 24.0. The quantitative estimate of drug-likeness (QED) is 0.0869. The molecule has 49 heavy (non-hydrogen) atoms. The van der Waals surface area contributed by atoms with Crippen molar-refractivity contribution in [2.24, 2.45) is 0 Å². The van der Waals surface area contributed by atoms with Gasteiger partial charge in [0.2, 0.25) is 0 Å². The minimum absolute atomic E-state index is 0.105. The number of unbranched alkanes of at least 4 members (excludes halogenated alkanes) is 2. The van der Waals surface area contributed by atoms with Crippen molar-refractivity contribution in [3.8, 4) is 39.1 Å². The number of nitro groups is 1. The van der Waals surface area contributed by atoms with Crippen LogP contribution in [0.4, 0.5) is 5.69 Å². The Bertz CT molecular complexity index is 2080. The predicted molar refractivity (Wildman–Crippen MR) is 205 cm³/mol. The van der Waals surface area contributed by atoms with Crippen molar-refractivity contribution in [2.45, 2.75) is 59.4 Å². The summed E-state index contributed by atoms with van der Waals surface area (Å²) in [5, 5.41) is 16.7. The van der Waals surface area contributed by atoms with E-state index in [1.54, 1.807) is 19.2 Å². The number of methoxy groups -OCH3 is 1. The fourth-order valence-electron chi connectivity index (χ4n) is 7.21. The summed E-state index contributed by atoms with van der Waals surface area (Å²) >= 11 is 0. The molecule has 0 saturated heterocycles. The third-order valence-corrected chi connectivity index (χ3v) is 9.72. The number of non-ortho nitro benzene ring substituents is 1. The molecule has 5 heteroatoms. The number of rotatable bonds is 14. The molecule has 0 saturated carbocycles. The van der Waals surface area contributed by atoms with Gasteiger partial charge in [0.25, 0.3) is 5.69 Å². The molecule has 6 aromatic carbocycles. The first kappa shape index (κ1) is 33.9. The van der Waals surface area contributed by atoms with E-state index in [-0.39, 0.29) is 10.6 Å². The summed E-state index contributed by atoms with van der Waals surface area (Å²) in [6, 6.07) is 37.5. The Labute approximate surface area is 290 Å². The minimum atomic E-state index is -0.291. The number of nitrogens with zero attached hydrogens (tertiary/aromatic N) is 2. The minimum Gasteiger partial charge on any atom is -0.497 e. The maximum atomic E-state index is 12.0. The summed E-state index contributed by atoms with van der Waals surface area (Å²) in [6.07, 6.45) is 5.33. The van der Waals surface area contributed by atoms with Crippen LogP contribution in [0.5, 0.6) is 5.75 Å². The van der Waals surface area contributed by atoms with Crippen LogP contribution in [0.2, 0.25) is 0 Å². The Morgan fingerprint density at radius 1 is 0.653 bits per heavy atom. The molecule has 0 aliphatic heterocycles. The molecule has 0 aliphatic carbocycles. The van der Waals surface area contributed by atoms with Gasteiger partial charge in [0.15, 0.2) is 0 Å². The van der Waals surface area contributed by atoms with E-state index in [1.807, 2.05) is 24.3 Å². The molecule has 0 amide bonds. The lowest BCUT2D eigenvalue weighted by molar-refractivity contribution is -0.384. The van der Waals surface area contributed by atoms with Gasteiger partial charge in [-0.3, -0.25) is 15.0 Å². The van der Waals surface area contributed by atoms with E-state index >= 15 is 0 Å². The zero-order valence-corrected chi connectivity index (χ0v) is 29.2. The zero-order chi connectivity index (χ0) is 34.3. The summed E-state index contributed by atoms with van der Waals surface area (Å²) in [7, 11) is 1.70. The van der Waals surface area contributed by atoms with Crippen molar-refractivity contribution in [1.82, 2.24) is 4.90 Å². The molecule has 0 radical (unpaired) electrons. The van der Waals surface area contributed by atoms with E-state index in [4.69, 9.17) is 4.74 Å². The second-order valence-corrected chi connectivity index (χ2v) is 12.9. The van der Waals surface area contributed by atoms with Crippen molar-refractivity contribution in [1.29, 1.82) is 0 Å². The summed E-state index contributed by atoms with van der Waals surface area (Å²) in [4.78, 5) is 14.3. The standard InChI is InChI=1S/C44H46N2O3/c1-5-8-25-45(26-9-6-2)30-42-41(32-17-14-18-35(27-32)46(47)48)29-34-16-11-13-20-39(34)44(42)43-37(7-3)40(28-33-15-10-12-19-38(33)43)31-21-23-36(49-4)24-22-31/h10-24,27-29H,5-9,25-26,30H2,1-4H3. The van der Waals surface area contributed by atoms with Crippen molar-refractivity contribution in [2.75, 3.05) is 20.2 Å². The van der Waals surface area contributed by atoms with E-state index in [2.05, 4.69) is 98.5 Å². The SMILES string of the molecule is CCCCN(CCCC)Cc1c(-c2cccc([N+](=O)[O-])c2)cc2ccccc2c1-c1c(CC)c(-c2ccc(OC)cc2)cc2ccccc12. The van der Waals surface area contributed by atoms with E-state index < -0.39 is 0 Å². The van der Waals surface area contributed by atoms with Gasteiger partial charge in [-0.1, -0.05) is 106 Å². The number of fused-ring (bicyclic) bond motifs is 2. The molecule has 0 bridgehead atoms. The summed E-state index contributed by atoms with van der Waals surface area (Å²) < 4.78 is 5.51. The average Bonchev–Trinajstić information content (AvgIpc) is 3.14. The molecule has 6 aromatic rings. The van der Waals surface area contributed by atoms with Gasteiger partial charge in [-0.25, -0.2) is 0 Å². The lowest BCUT2D eigenvalue weighted by Crippen LogP contribution is -2.26. The highest BCUT2D eigenvalue weighted by molar-refractivity contribution is 6.11. The van der Waals surface area contributed by atoms with Crippen LogP contribution in [0, 0.1) is 10.1 Å². The molecule has 0 N–H and O–H groups in total. The van der Waals surface area contributed by atoms with Gasteiger partial charge >= 0.3 is 0 Å². The first-order valence-corrected chi connectivity index (χ1v) is 17.7. The summed E-state index contributed by atoms with van der Waals surface area (Å²) in [6.45, 7) is 9.51. The number of hydrogen-bond donors (Lipinski definition) is 0. The fraction of sp³-hybridized carbons (Fsp3) is 0.273. The van der Waals surface area contributed by atoms with Crippen LogP contribution in [0.1, 0.15) is 57.6 Å². The van der Waals surface area contributed by atoms with Crippen LogP contribution in [0.15, 0.2) is 109 Å². The Morgan fingerprint density at radius 2 is 1.22 bits per heavy atom. The molecule has 5 nitrogen and oxygen atoms in total. The molecule has 0 unspecified atom stereocenters. The average molecular weight is 651 g/mol. The maximum Gasteiger partial charge on any atom is 0.270 e. The molecule has 0 spiro atoms. The molecule has 0 heterocycles. The van der Waals surface area contributed by atoms with Crippen LogP contribution in [-0.4, -0.2) is 30.0 Å². The third-order valence-electron chi connectivity index (χ3n) is 9.72. The van der Waals surface area contributed by atoms with Crippen LogP contribution < -0.4 is 4.74 Å². The monoisotopic (exact) mass is 650 g/mol. The van der Waals surface area contributed by atoms with E-state index in [0.717, 1.165) is 79.6 Å². The number of nitro benzene ring substituents is 1. The van der Waals surface area contributed by atoms with Crippen LogP contribution >= 0.6 is 0 Å². The molecule has 0 atom stereocenters. The highest BCUT2D eigenvalue weighted by Crippen LogP contribution is 2.47. The summed E-state index contributed by atoms with van der Waals surface area (Å²) in [5.41, 5.74) is 9.37. The second kappa shape index (κ2) is 15.5. The topological polar surface area (TPSA) is 55.6 Å². The van der Waals surface area contributed by atoms with Crippen molar-refractivity contribution >= 4 is 27.2 Å². The highest BCUT2D eigenvalue weighted by Gasteiger charge is 2.24. The Balaban J connectivity index is 1.75. The smallest absolute Gasteiger partial charge is 0.270 e. The van der Waals surface area contributed by atoms with Gasteiger partial charge in [-0.05, 0) is 123 Å². The Morgan fingerprint density at radius 3 is 1.78 bits per heavy atom. The third kappa shape index (κ3) is 7.09. The zero-order valence-electron chi connectivity index (χ0n) is 29.2. The maximum absolute atomic E-state index is 12.0. The van der Waals surface area contributed by atoms with E-state index in [1.165, 1.54) is 44.0 Å². The number of ether oxygens (including phenoxy) is 1. The number of hydrogen-bond acceptors (Lipinski definition) is 4. The van der Waals surface area contributed by atoms with E-state index in [9.17, 15) is 10.1 Å². The Hall–Kier alpha value is -5.00. The fourth-order valence-corrected chi connectivity index (χ4v) is 7.21. The summed E-state index contributed by atoms with van der Waals surface area (Å²) in [5.74, 6) is 0.833. The van der Waals surface area contributed by atoms with Crippen molar-refractivity contribution in [3.63, 3.8) is 0 Å². The van der Waals surface area contributed by atoms with Crippen molar-refractivity contribution < 1.29 is 9.66 Å². The normalized spacial score (nSPS) is 11.4. The van der Waals surface area contributed by atoms with Crippen LogP contribution in [-0.2, 0) is 13.0 Å². The molecule has 6 rings (SSSR count). The molecule has 0 fully saturated rings. The van der Waals surface area contributed by atoms with Gasteiger partial charge in [0, 0.05) is 18.7 Å². The molecule has 250 valence electrons.